The molecule has 0 aliphatic rings. The Labute approximate surface area is 42.6 Å². The van der Waals surface area contributed by atoms with Gasteiger partial charge in [0.2, 0.25) is 5.63 Å². The average Bonchev–Trinajstić information content (AvgIpc) is 1.87. The third-order valence-corrected chi connectivity index (χ3v) is 0.775. The smallest absolute Gasteiger partial charge is 0.250 e. The lowest BCUT2D eigenvalue weighted by molar-refractivity contribution is 0.448. The topological polar surface area (TPSA) is 46.3 Å². The molecule has 4 heteroatoms. The normalized spacial score (nSPS) is 9.29. The number of rotatable bonds is 0. The third kappa shape index (κ3) is 0.904. The van der Waals surface area contributed by atoms with Crippen LogP contribution in [0.15, 0.2) is 10.7 Å². The minimum Gasteiger partial charge on any atom is -0.491 e. The second-order valence-electron chi connectivity index (χ2n) is 1.04. The van der Waals surface area contributed by atoms with Crippen molar-refractivity contribution in [1.29, 1.82) is 0 Å². The molecule has 7 heavy (non-hydrogen) atoms. The van der Waals surface area contributed by atoms with Gasteiger partial charge in [-0.05, 0) is 9.24 Å². The number of aromatic nitrogens is 1. The molecule has 0 radical (unpaired) electrons. The van der Waals surface area contributed by atoms with E-state index in [1.807, 2.05) is 0 Å². The van der Waals surface area contributed by atoms with Crippen LogP contribution in [0.1, 0.15) is 0 Å². The molecular formula is C3H4NO2P. The van der Waals surface area contributed by atoms with Gasteiger partial charge >= 0.3 is 0 Å². The van der Waals surface area contributed by atoms with Crippen LogP contribution in [0.4, 0.5) is 0 Å². The van der Waals surface area contributed by atoms with Crippen molar-refractivity contribution in [1.82, 2.24) is 4.98 Å². The van der Waals surface area contributed by atoms with Crippen LogP contribution in [0.2, 0.25) is 0 Å². The number of aromatic hydroxyl groups is 1. The summed E-state index contributed by atoms with van der Waals surface area (Å²) in [4.78, 5) is 3.46. The molecule has 38 valence electrons. The minimum absolute atomic E-state index is 0.0787. The van der Waals surface area contributed by atoms with Gasteiger partial charge in [0.1, 0.15) is 0 Å². The van der Waals surface area contributed by atoms with Gasteiger partial charge in [-0.2, -0.15) is 4.98 Å². The van der Waals surface area contributed by atoms with Gasteiger partial charge in [0.05, 0.1) is 0 Å². The SMILES string of the molecule is Oc1coc(P)n1. The first kappa shape index (κ1) is 4.60. The Bertz CT molecular complexity index is 145. The van der Waals surface area contributed by atoms with Crippen molar-refractivity contribution in [2.24, 2.45) is 0 Å². The molecule has 0 amide bonds. The van der Waals surface area contributed by atoms with Crippen LogP contribution in [-0.2, 0) is 0 Å². The van der Waals surface area contributed by atoms with Gasteiger partial charge in [0.15, 0.2) is 6.26 Å². The van der Waals surface area contributed by atoms with Crippen LogP contribution < -0.4 is 5.63 Å². The van der Waals surface area contributed by atoms with Crippen molar-refractivity contribution in [2.45, 2.75) is 0 Å². The molecule has 1 atom stereocenters. The maximum absolute atomic E-state index is 8.43. The van der Waals surface area contributed by atoms with Crippen LogP contribution in [0.3, 0.4) is 0 Å². The predicted octanol–water partition coefficient (Wildman–Crippen LogP) is -0.119. The molecule has 0 spiro atoms. The molecule has 0 saturated heterocycles. The van der Waals surface area contributed by atoms with Gasteiger partial charge in [-0.1, -0.05) is 0 Å². The zero-order valence-corrected chi connectivity index (χ0v) is 4.61. The Hall–Kier alpha value is -0.560. The van der Waals surface area contributed by atoms with Crippen LogP contribution in [-0.4, -0.2) is 10.1 Å². The van der Waals surface area contributed by atoms with Crippen LogP contribution in [0, 0.1) is 0 Å². The maximum Gasteiger partial charge on any atom is 0.250 e. The summed E-state index contributed by atoms with van der Waals surface area (Å²) in [6.45, 7) is 0. The number of hydrogen-bond donors (Lipinski definition) is 1. The van der Waals surface area contributed by atoms with E-state index >= 15 is 0 Å². The summed E-state index contributed by atoms with van der Waals surface area (Å²) < 4.78 is 4.57. The van der Waals surface area contributed by atoms with Crippen molar-refractivity contribution >= 4 is 14.9 Å². The molecule has 0 fully saturated rings. The third-order valence-electron chi connectivity index (χ3n) is 0.510. The molecule has 0 aromatic carbocycles. The standard InChI is InChI=1S/C3H4NO2P/c5-2-1-6-3(7)4-2/h1,5H,7H2. The Morgan fingerprint density at radius 1 is 1.86 bits per heavy atom. The zero-order valence-electron chi connectivity index (χ0n) is 3.46. The summed E-state index contributed by atoms with van der Waals surface area (Å²) >= 11 is 0. The molecule has 3 nitrogen and oxygen atoms in total. The summed E-state index contributed by atoms with van der Waals surface area (Å²) in [5.74, 6) is -0.0787. The van der Waals surface area contributed by atoms with Crippen molar-refractivity contribution in [3.8, 4) is 5.88 Å². The Morgan fingerprint density at radius 2 is 2.57 bits per heavy atom. The molecule has 0 aliphatic heterocycles. The highest BCUT2D eigenvalue weighted by Crippen LogP contribution is 1.99. The van der Waals surface area contributed by atoms with Gasteiger partial charge in [-0.3, -0.25) is 0 Å². The molecule has 1 rings (SSSR count). The van der Waals surface area contributed by atoms with Crippen molar-refractivity contribution in [2.75, 3.05) is 0 Å². The van der Waals surface area contributed by atoms with E-state index in [0.29, 0.717) is 5.63 Å². The lowest BCUT2D eigenvalue weighted by Gasteiger charge is -1.68. The van der Waals surface area contributed by atoms with E-state index in [4.69, 9.17) is 5.11 Å². The van der Waals surface area contributed by atoms with E-state index in [0.717, 1.165) is 0 Å². The molecule has 1 heterocycles. The van der Waals surface area contributed by atoms with Crippen molar-refractivity contribution < 1.29 is 9.52 Å². The Balaban J connectivity index is 3.04. The van der Waals surface area contributed by atoms with E-state index in [9.17, 15) is 0 Å². The fourth-order valence-corrected chi connectivity index (χ4v) is 0.479. The first-order chi connectivity index (χ1) is 3.29. The molecule has 1 aromatic rings. The summed E-state index contributed by atoms with van der Waals surface area (Å²) in [6.07, 6.45) is 1.17. The molecule has 0 bridgehead atoms. The van der Waals surface area contributed by atoms with Crippen LogP contribution >= 0.6 is 9.24 Å². The molecule has 1 N–H and O–H groups in total. The second-order valence-corrected chi connectivity index (χ2v) is 1.54. The quantitative estimate of drug-likeness (QED) is 0.482. The highest BCUT2D eigenvalue weighted by Gasteiger charge is 1.90. The predicted molar refractivity (Wildman–Crippen MR) is 27.5 cm³/mol. The maximum atomic E-state index is 8.43. The summed E-state index contributed by atoms with van der Waals surface area (Å²) in [6, 6.07) is 0. The van der Waals surface area contributed by atoms with Gasteiger partial charge in [-0.25, -0.2) is 0 Å². The first-order valence-corrected chi connectivity index (χ1v) is 2.27. The van der Waals surface area contributed by atoms with E-state index in [1.165, 1.54) is 6.26 Å². The van der Waals surface area contributed by atoms with Crippen LogP contribution in [0.5, 0.6) is 5.88 Å². The number of hydrogen-bond acceptors (Lipinski definition) is 3. The van der Waals surface area contributed by atoms with Gasteiger partial charge < -0.3 is 9.52 Å². The van der Waals surface area contributed by atoms with Gasteiger partial charge in [0.25, 0.3) is 5.88 Å². The summed E-state index contributed by atoms with van der Waals surface area (Å²) in [5.41, 5.74) is 0.400. The monoisotopic (exact) mass is 117 g/mol. The molecule has 1 unspecified atom stereocenters. The van der Waals surface area contributed by atoms with Gasteiger partial charge in [-0.15, -0.1) is 0 Å². The number of nitrogens with zero attached hydrogens (tertiary/aromatic N) is 1. The Morgan fingerprint density at radius 3 is 2.71 bits per heavy atom. The van der Waals surface area contributed by atoms with Crippen molar-refractivity contribution in [3.63, 3.8) is 0 Å². The number of oxazole rings is 1. The molecule has 1 aromatic heterocycles. The first-order valence-electron chi connectivity index (χ1n) is 1.69. The highest BCUT2D eigenvalue weighted by molar-refractivity contribution is 7.26. The fourth-order valence-electron chi connectivity index (χ4n) is 0.279. The zero-order chi connectivity index (χ0) is 5.28. The summed E-state index contributed by atoms with van der Waals surface area (Å²) in [5, 5.41) is 8.43. The highest BCUT2D eigenvalue weighted by atomic mass is 31.0. The average molecular weight is 117 g/mol. The van der Waals surface area contributed by atoms with Crippen molar-refractivity contribution in [3.05, 3.63) is 6.26 Å². The lowest BCUT2D eigenvalue weighted by atomic mass is 10.9. The fraction of sp³-hybridized carbons (Fsp3) is 0. The second kappa shape index (κ2) is 1.51. The largest absolute Gasteiger partial charge is 0.491 e. The van der Waals surface area contributed by atoms with E-state index in [-0.39, 0.29) is 5.88 Å². The minimum atomic E-state index is -0.0787. The Kier molecular flexibility index (Phi) is 0.988. The van der Waals surface area contributed by atoms with E-state index < -0.39 is 0 Å². The van der Waals surface area contributed by atoms with E-state index in [1.54, 1.807) is 0 Å². The lowest BCUT2D eigenvalue weighted by Crippen LogP contribution is -1.84. The van der Waals surface area contributed by atoms with E-state index in [2.05, 4.69) is 18.6 Å². The molecule has 0 saturated carbocycles. The van der Waals surface area contributed by atoms with Gasteiger partial charge in [0, 0.05) is 0 Å². The summed E-state index contributed by atoms with van der Waals surface area (Å²) in [7, 11) is 2.21. The van der Waals surface area contributed by atoms with Crippen LogP contribution in [0.25, 0.3) is 0 Å². The molecule has 0 aliphatic carbocycles. The molecular weight excluding hydrogens is 113 g/mol.